The van der Waals surface area contributed by atoms with Gasteiger partial charge in [-0.05, 0) is 31.9 Å². The van der Waals surface area contributed by atoms with Gasteiger partial charge in [0.25, 0.3) is 0 Å². The lowest BCUT2D eigenvalue weighted by Crippen LogP contribution is -2.17. The summed E-state index contributed by atoms with van der Waals surface area (Å²) < 4.78 is 15.3. The lowest BCUT2D eigenvalue weighted by molar-refractivity contribution is 0.188. The fraction of sp³-hybridized carbons (Fsp3) is 0.583. The highest BCUT2D eigenvalue weighted by atomic mass is 32.2. The molecule has 21 heavy (non-hydrogen) atoms. The van der Waals surface area contributed by atoms with Crippen LogP contribution in [0.15, 0.2) is 6.20 Å². The van der Waals surface area contributed by atoms with Crippen LogP contribution in [-0.4, -0.2) is 38.4 Å². The van der Waals surface area contributed by atoms with E-state index in [-0.39, 0.29) is 12.4 Å². The van der Waals surface area contributed by atoms with E-state index in [0.29, 0.717) is 23.4 Å². The van der Waals surface area contributed by atoms with Crippen molar-refractivity contribution in [1.82, 2.24) is 10.3 Å². The minimum absolute atomic E-state index is 0.0270. The number of aromatic hydroxyl groups is 1. The average Bonchev–Trinajstić information content (AvgIpc) is 2.41. The summed E-state index contributed by atoms with van der Waals surface area (Å²) in [6, 6.07) is 0. The summed E-state index contributed by atoms with van der Waals surface area (Å²) >= 11 is 1.76. The van der Waals surface area contributed by atoms with Crippen LogP contribution < -0.4 is 5.32 Å². The van der Waals surface area contributed by atoms with Gasteiger partial charge in [-0.2, -0.15) is 11.8 Å². The van der Waals surface area contributed by atoms with Gasteiger partial charge in [0.15, 0.2) is 0 Å². The number of hydrogen-bond donors (Lipinski definition) is 4. The molecule has 0 fully saturated rings. The van der Waals surface area contributed by atoms with E-state index in [0.717, 1.165) is 18.7 Å². The van der Waals surface area contributed by atoms with Gasteiger partial charge in [0.05, 0.1) is 12.3 Å². The second-order valence-corrected chi connectivity index (χ2v) is 6.71. The van der Waals surface area contributed by atoms with Gasteiger partial charge in [-0.1, -0.05) is 0 Å². The van der Waals surface area contributed by atoms with E-state index in [1.165, 1.54) is 6.20 Å². The maximum Gasteiger partial charge on any atom is 0.469 e. The molecular formula is C12H21N2O5PS. The van der Waals surface area contributed by atoms with E-state index in [2.05, 4.69) is 14.8 Å². The van der Waals surface area contributed by atoms with Crippen LogP contribution in [0, 0.1) is 6.92 Å². The fourth-order valence-corrected chi connectivity index (χ4v) is 2.45. The van der Waals surface area contributed by atoms with Gasteiger partial charge < -0.3 is 20.2 Å². The van der Waals surface area contributed by atoms with Crippen molar-refractivity contribution in [2.24, 2.45) is 0 Å². The minimum atomic E-state index is -4.55. The fourth-order valence-electron chi connectivity index (χ4n) is 1.71. The van der Waals surface area contributed by atoms with Crippen LogP contribution in [0.3, 0.4) is 0 Å². The smallest absolute Gasteiger partial charge is 0.469 e. The third-order valence-corrected chi connectivity index (χ3v) is 3.98. The third-order valence-electron chi connectivity index (χ3n) is 2.82. The van der Waals surface area contributed by atoms with Crippen LogP contribution in [-0.2, 0) is 22.2 Å². The maximum absolute atomic E-state index is 10.8. The first-order chi connectivity index (χ1) is 9.85. The first kappa shape index (κ1) is 18.4. The predicted octanol–water partition coefficient (Wildman–Crippen LogP) is 1.55. The van der Waals surface area contributed by atoms with Crippen molar-refractivity contribution < 1.29 is 24.0 Å². The number of rotatable bonds is 9. The zero-order chi connectivity index (χ0) is 15.9. The van der Waals surface area contributed by atoms with Gasteiger partial charge in [0, 0.05) is 23.9 Å². The molecule has 9 heteroatoms. The van der Waals surface area contributed by atoms with Gasteiger partial charge in [0.2, 0.25) is 0 Å². The summed E-state index contributed by atoms with van der Waals surface area (Å²) in [5.74, 6) is 1.07. The Morgan fingerprint density at radius 1 is 1.48 bits per heavy atom. The van der Waals surface area contributed by atoms with E-state index in [1.807, 2.05) is 6.26 Å². The molecule has 120 valence electrons. The van der Waals surface area contributed by atoms with Crippen LogP contribution in [0.5, 0.6) is 5.75 Å². The van der Waals surface area contributed by atoms with Crippen molar-refractivity contribution in [3.8, 4) is 5.75 Å². The number of phosphoric acid groups is 1. The number of thioether (sulfide) groups is 1. The number of pyridine rings is 1. The molecule has 1 aromatic heterocycles. The zero-order valence-corrected chi connectivity index (χ0v) is 13.8. The Hall–Kier alpha value is -0.630. The van der Waals surface area contributed by atoms with Crippen molar-refractivity contribution in [1.29, 1.82) is 0 Å². The van der Waals surface area contributed by atoms with Crippen molar-refractivity contribution >= 4 is 19.6 Å². The van der Waals surface area contributed by atoms with Gasteiger partial charge in [-0.25, -0.2) is 4.57 Å². The first-order valence-corrected chi connectivity index (χ1v) is 9.33. The number of nitrogens with one attached hydrogen (secondary N) is 1. The van der Waals surface area contributed by atoms with E-state index in [9.17, 15) is 9.67 Å². The molecule has 0 aliphatic carbocycles. The molecule has 1 rings (SSSR count). The molecule has 0 saturated carbocycles. The Kier molecular flexibility index (Phi) is 7.65. The van der Waals surface area contributed by atoms with Crippen LogP contribution >= 0.6 is 19.6 Å². The van der Waals surface area contributed by atoms with Gasteiger partial charge in [-0.3, -0.25) is 9.51 Å². The number of aryl methyl sites for hydroxylation is 1. The topological polar surface area (TPSA) is 112 Å². The van der Waals surface area contributed by atoms with Gasteiger partial charge in [0.1, 0.15) is 5.75 Å². The van der Waals surface area contributed by atoms with Crippen LogP contribution in [0.1, 0.15) is 23.2 Å². The predicted molar refractivity (Wildman–Crippen MR) is 82.2 cm³/mol. The molecule has 0 aromatic carbocycles. The molecule has 4 N–H and O–H groups in total. The Balaban J connectivity index is 2.73. The van der Waals surface area contributed by atoms with Crippen LogP contribution in [0.4, 0.5) is 0 Å². The summed E-state index contributed by atoms with van der Waals surface area (Å²) in [6.07, 6.45) is 4.50. The molecule has 1 heterocycles. The lowest BCUT2D eigenvalue weighted by atomic mass is 10.1. The summed E-state index contributed by atoms with van der Waals surface area (Å²) in [5, 5.41) is 13.2. The molecule has 1 aromatic rings. The molecule has 0 bridgehead atoms. The molecule has 0 radical (unpaired) electrons. The number of phosphoric ester groups is 1. The monoisotopic (exact) mass is 336 g/mol. The normalized spacial score (nSPS) is 11.8. The van der Waals surface area contributed by atoms with Crippen molar-refractivity contribution in [3.63, 3.8) is 0 Å². The number of aromatic nitrogens is 1. The Bertz CT molecular complexity index is 509. The molecule has 0 aliphatic heterocycles. The summed E-state index contributed by atoms with van der Waals surface area (Å²) in [5.41, 5.74) is 1.48. The highest BCUT2D eigenvalue weighted by molar-refractivity contribution is 7.98. The van der Waals surface area contributed by atoms with Crippen molar-refractivity contribution in [2.45, 2.75) is 26.5 Å². The van der Waals surface area contributed by atoms with Crippen molar-refractivity contribution in [3.05, 3.63) is 23.0 Å². The largest absolute Gasteiger partial charge is 0.506 e. The molecule has 0 atom stereocenters. The zero-order valence-electron chi connectivity index (χ0n) is 12.1. The van der Waals surface area contributed by atoms with Crippen LogP contribution in [0.25, 0.3) is 0 Å². The quantitative estimate of drug-likeness (QED) is 0.397. The number of hydrogen-bond acceptors (Lipinski definition) is 6. The number of nitrogens with zero attached hydrogens (tertiary/aromatic N) is 1. The Labute approximate surface area is 128 Å². The van der Waals surface area contributed by atoms with Crippen molar-refractivity contribution in [2.75, 3.05) is 18.6 Å². The van der Waals surface area contributed by atoms with Crippen LogP contribution in [0.2, 0.25) is 0 Å². The molecule has 0 amide bonds. The summed E-state index contributed by atoms with van der Waals surface area (Å²) in [6.45, 7) is 2.55. The van der Waals surface area contributed by atoms with E-state index in [1.54, 1.807) is 18.7 Å². The minimum Gasteiger partial charge on any atom is -0.506 e. The molecule has 0 unspecified atom stereocenters. The third kappa shape index (κ3) is 6.78. The maximum atomic E-state index is 10.8. The standard InChI is InChI=1S/C12H21N2O5PS/c1-9-12(15)11(7-13-4-3-5-21-2)10(6-14-9)8-19-20(16,17)18/h6,13,15H,3-5,7-8H2,1-2H3,(H2,16,17,18). The Morgan fingerprint density at radius 3 is 2.81 bits per heavy atom. The second-order valence-electron chi connectivity index (χ2n) is 4.48. The SMILES string of the molecule is CSCCCNCc1c(COP(=O)(O)O)cnc(C)c1O. The van der Waals surface area contributed by atoms with E-state index in [4.69, 9.17) is 9.79 Å². The second kappa shape index (κ2) is 8.73. The average molecular weight is 336 g/mol. The van der Waals surface area contributed by atoms with E-state index >= 15 is 0 Å². The lowest BCUT2D eigenvalue weighted by Gasteiger charge is -2.14. The molecule has 0 saturated heterocycles. The highest BCUT2D eigenvalue weighted by Crippen LogP contribution is 2.38. The van der Waals surface area contributed by atoms with Gasteiger partial charge >= 0.3 is 7.82 Å². The molecule has 0 spiro atoms. The first-order valence-electron chi connectivity index (χ1n) is 6.41. The van der Waals surface area contributed by atoms with Gasteiger partial charge in [-0.15, -0.1) is 0 Å². The highest BCUT2D eigenvalue weighted by Gasteiger charge is 2.17. The Morgan fingerprint density at radius 2 is 2.19 bits per heavy atom. The molecule has 0 aliphatic rings. The van der Waals surface area contributed by atoms with E-state index < -0.39 is 7.82 Å². The summed E-state index contributed by atoms with van der Waals surface area (Å²) in [4.78, 5) is 21.5. The summed E-state index contributed by atoms with van der Waals surface area (Å²) in [7, 11) is -4.55. The molecule has 7 nitrogen and oxygen atoms in total. The molecular weight excluding hydrogens is 315 g/mol.